The van der Waals surface area contributed by atoms with Crippen molar-refractivity contribution in [2.75, 3.05) is 13.6 Å². The van der Waals surface area contributed by atoms with Gasteiger partial charge in [0.1, 0.15) is 0 Å². The first-order valence-corrected chi connectivity index (χ1v) is 5.14. The minimum atomic E-state index is -0.0631. The Bertz CT molecular complexity index is 127. The molecule has 1 rings (SSSR count). The summed E-state index contributed by atoms with van der Waals surface area (Å²) in [7, 11) is 2.13. The molecule has 0 spiro atoms. The van der Waals surface area contributed by atoms with Gasteiger partial charge in [-0.25, -0.2) is 0 Å². The predicted octanol–water partition coefficient (Wildman–Crippen LogP) is 1.63. The first kappa shape index (κ1) is 10.0. The van der Waals surface area contributed by atoms with Crippen LogP contribution < -0.4 is 0 Å². The van der Waals surface area contributed by atoms with Gasteiger partial charge < -0.3 is 10.0 Å². The van der Waals surface area contributed by atoms with Crippen molar-refractivity contribution < 1.29 is 5.11 Å². The Hall–Kier alpha value is -0.0800. The number of unbranched alkanes of at least 4 members (excludes halogenated alkanes) is 1. The largest absolute Gasteiger partial charge is 0.391 e. The van der Waals surface area contributed by atoms with Gasteiger partial charge in [-0.1, -0.05) is 13.3 Å². The maximum Gasteiger partial charge on any atom is 0.0695 e. The number of aliphatic hydroxyl groups excluding tert-OH is 1. The van der Waals surface area contributed by atoms with E-state index >= 15 is 0 Å². The van der Waals surface area contributed by atoms with Gasteiger partial charge in [-0.15, -0.1) is 0 Å². The third-order valence-electron chi connectivity index (χ3n) is 2.87. The summed E-state index contributed by atoms with van der Waals surface area (Å²) < 4.78 is 0. The Kier molecular flexibility index (Phi) is 4.02. The van der Waals surface area contributed by atoms with Crippen molar-refractivity contribution in [3.63, 3.8) is 0 Å². The van der Waals surface area contributed by atoms with Crippen molar-refractivity contribution in [3.8, 4) is 0 Å². The molecular weight excluding hydrogens is 150 g/mol. The van der Waals surface area contributed by atoms with Crippen LogP contribution in [-0.4, -0.2) is 35.7 Å². The van der Waals surface area contributed by atoms with Gasteiger partial charge in [-0.2, -0.15) is 0 Å². The van der Waals surface area contributed by atoms with Crippen LogP contribution in [0.5, 0.6) is 0 Å². The van der Waals surface area contributed by atoms with Gasteiger partial charge in [0.05, 0.1) is 6.10 Å². The molecule has 0 bridgehead atoms. The summed E-state index contributed by atoms with van der Waals surface area (Å²) in [6.07, 6.45) is 5.81. The average molecular weight is 171 g/mol. The fourth-order valence-corrected chi connectivity index (χ4v) is 2.01. The lowest BCUT2D eigenvalue weighted by molar-refractivity contribution is 0.0856. The molecule has 1 aliphatic rings. The maximum absolute atomic E-state index is 9.62. The highest BCUT2D eigenvalue weighted by Gasteiger charge is 2.27. The molecule has 0 radical (unpaired) electrons. The summed E-state index contributed by atoms with van der Waals surface area (Å²) in [4.78, 5) is 2.32. The molecule has 2 heteroatoms. The molecular formula is C10H21NO. The number of hydrogen-bond donors (Lipinski definition) is 1. The molecule has 0 aromatic heterocycles. The normalized spacial score (nSPS) is 30.0. The number of rotatable bonds is 4. The molecule has 1 saturated carbocycles. The van der Waals surface area contributed by atoms with Crippen molar-refractivity contribution in [2.45, 2.75) is 51.2 Å². The second-order valence-corrected chi connectivity index (χ2v) is 3.90. The van der Waals surface area contributed by atoms with Crippen molar-refractivity contribution in [3.05, 3.63) is 0 Å². The quantitative estimate of drug-likeness (QED) is 0.695. The Morgan fingerprint density at radius 2 is 2.17 bits per heavy atom. The first-order valence-electron chi connectivity index (χ1n) is 5.14. The van der Waals surface area contributed by atoms with E-state index in [4.69, 9.17) is 0 Å². The highest BCUT2D eigenvalue weighted by Crippen LogP contribution is 2.23. The van der Waals surface area contributed by atoms with Crippen LogP contribution in [0.25, 0.3) is 0 Å². The molecule has 0 heterocycles. The molecule has 12 heavy (non-hydrogen) atoms. The zero-order valence-corrected chi connectivity index (χ0v) is 8.29. The molecule has 2 atom stereocenters. The first-order chi connectivity index (χ1) is 5.75. The minimum absolute atomic E-state index is 0.0631. The number of aliphatic hydroxyl groups is 1. The second-order valence-electron chi connectivity index (χ2n) is 3.90. The molecule has 2 nitrogen and oxygen atoms in total. The van der Waals surface area contributed by atoms with Gasteiger partial charge in [-0.3, -0.25) is 0 Å². The van der Waals surface area contributed by atoms with Gasteiger partial charge in [0, 0.05) is 6.04 Å². The van der Waals surface area contributed by atoms with Crippen LogP contribution in [0.2, 0.25) is 0 Å². The average Bonchev–Trinajstić information content (AvgIpc) is 2.47. The summed E-state index contributed by atoms with van der Waals surface area (Å²) in [5.41, 5.74) is 0. The number of likely N-dealkylation sites (N-methyl/N-ethyl adjacent to an activating group) is 1. The maximum atomic E-state index is 9.62. The van der Waals surface area contributed by atoms with Crippen LogP contribution in [0.1, 0.15) is 39.0 Å². The third-order valence-corrected chi connectivity index (χ3v) is 2.87. The molecule has 0 aromatic rings. The second kappa shape index (κ2) is 4.83. The number of nitrogens with zero attached hydrogens (tertiary/aromatic N) is 1. The molecule has 0 aliphatic heterocycles. The molecule has 72 valence electrons. The van der Waals surface area contributed by atoms with Gasteiger partial charge in [-0.05, 0) is 39.3 Å². The van der Waals surface area contributed by atoms with E-state index in [9.17, 15) is 5.11 Å². The molecule has 1 N–H and O–H groups in total. The lowest BCUT2D eigenvalue weighted by Crippen LogP contribution is -2.37. The van der Waals surface area contributed by atoms with Gasteiger partial charge in [0.15, 0.2) is 0 Å². The lowest BCUT2D eigenvalue weighted by Gasteiger charge is -2.26. The van der Waals surface area contributed by atoms with E-state index in [0.717, 1.165) is 13.0 Å². The fourth-order valence-electron chi connectivity index (χ4n) is 2.01. The van der Waals surface area contributed by atoms with E-state index in [-0.39, 0.29) is 6.10 Å². The van der Waals surface area contributed by atoms with Crippen LogP contribution in [0, 0.1) is 0 Å². The van der Waals surface area contributed by atoms with E-state index in [1.54, 1.807) is 0 Å². The Balaban J connectivity index is 2.25. The highest BCUT2D eigenvalue weighted by molar-refractivity contribution is 4.83. The van der Waals surface area contributed by atoms with Crippen LogP contribution in [0.4, 0.5) is 0 Å². The molecule has 0 unspecified atom stereocenters. The van der Waals surface area contributed by atoms with Crippen LogP contribution >= 0.6 is 0 Å². The summed E-state index contributed by atoms with van der Waals surface area (Å²) >= 11 is 0. The summed E-state index contributed by atoms with van der Waals surface area (Å²) in [5, 5.41) is 9.62. The topological polar surface area (TPSA) is 23.5 Å². The van der Waals surface area contributed by atoms with E-state index in [1.165, 1.54) is 25.7 Å². The predicted molar refractivity (Wildman–Crippen MR) is 51.2 cm³/mol. The van der Waals surface area contributed by atoms with Crippen LogP contribution in [0.15, 0.2) is 0 Å². The van der Waals surface area contributed by atoms with E-state index < -0.39 is 0 Å². The molecule has 0 aromatic carbocycles. The van der Waals surface area contributed by atoms with Gasteiger partial charge >= 0.3 is 0 Å². The van der Waals surface area contributed by atoms with Crippen molar-refractivity contribution >= 4 is 0 Å². The van der Waals surface area contributed by atoms with E-state index in [1.807, 2.05) is 0 Å². The Morgan fingerprint density at radius 1 is 1.42 bits per heavy atom. The molecule has 1 aliphatic carbocycles. The SMILES string of the molecule is CCCCN(C)[C@@H]1CCC[C@H]1O. The number of hydrogen-bond acceptors (Lipinski definition) is 2. The molecule has 0 saturated heterocycles. The van der Waals surface area contributed by atoms with Crippen molar-refractivity contribution in [1.82, 2.24) is 4.90 Å². The molecule has 0 amide bonds. The summed E-state index contributed by atoms with van der Waals surface area (Å²) in [6, 6.07) is 0.441. The minimum Gasteiger partial charge on any atom is -0.391 e. The van der Waals surface area contributed by atoms with Crippen LogP contribution in [-0.2, 0) is 0 Å². The fraction of sp³-hybridized carbons (Fsp3) is 1.00. The van der Waals surface area contributed by atoms with Crippen LogP contribution in [0.3, 0.4) is 0 Å². The Labute approximate surface area is 75.6 Å². The standard InChI is InChI=1S/C10H21NO/c1-3-4-8-11(2)9-6-5-7-10(9)12/h9-10,12H,3-8H2,1-2H3/t9-,10-/m1/s1. The zero-order chi connectivity index (χ0) is 8.97. The Morgan fingerprint density at radius 3 is 2.67 bits per heavy atom. The van der Waals surface area contributed by atoms with Crippen molar-refractivity contribution in [1.29, 1.82) is 0 Å². The van der Waals surface area contributed by atoms with Gasteiger partial charge in [0.25, 0.3) is 0 Å². The van der Waals surface area contributed by atoms with Gasteiger partial charge in [0.2, 0.25) is 0 Å². The van der Waals surface area contributed by atoms with E-state index in [2.05, 4.69) is 18.9 Å². The summed E-state index contributed by atoms with van der Waals surface area (Å²) in [6.45, 7) is 3.34. The van der Waals surface area contributed by atoms with Crippen molar-refractivity contribution in [2.24, 2.45) is 0 Å². The molecule has 1 fully saturated rings. The zero-order valence-electron chi connectivity index (χ0n) is 8.29. The third kappa shape index (κ3) is 2.46. The van der Waals surface area contributed by atoms with E-state index in [0.29, 0.717) is 6.04 Å². The highest BCUT2D eigenvalue weighted by atomic mass is 16.3. The lowest BCUT2D eigenvalue weighted by atomic mass is 10.2. The monoisotopic (exact) mass is 171 g/mol. The smallest absolute Gasteiger partial charge is 0.0695 e. The summed E-state index contributed by atoms with van der Waals surface area (Å²) in [5.74, 6) is 0.